The first kappa shape index (κ1) is 18.2. The molecule has 0 amide bonds. The van der Waals surface area contributed by atoms with Crippen molar-refractivity contribution in [2.24, 2.45) is 0 Å². The summed E-state index contributed by atoms with van der Waals surface area (Å²) < 4.78 is 32.9. The van der Waals surface area contributed by atoms with Gasteiger partial charge in [0.1, 0.15) is 6.61 Å². The Morgan fingerprint density at radius 3 is 2.68 bits per heavy atom. The van der Waals surface area contributed by atoms with Gasteiger partial charge in [-0.3, -0.25) is 9.29 Å². The standard InChI is InChI=1S/C21H18N2O4S/c24-21(27-15-18-8-3-4-12-22-18)17-7-5-9-19(14-17)28(25,26)23-13-11-16-6-1-2-10-20(16)23/h1-10,12,14H,11,13,15H2. The maximum atomic E-state index is 13.1. The average Bonchev–Trinajstić information content (AvgIpc) is 3.18. The van der Waals surface area contributed by atoms with Crippen LogP contribution >= 0.6 is 0 Å². The average molecular weight is 394 g/mol. The van der Waals surface area contributed by atoms with E-state index in [9.17, 15) is 13.2 Å². The topological polar surface area (TPSA) is 76.6 Å². The number of anilines is 1. The van der Waals surface area contributed by atoms with Gasteiger partial charge in [0.15, 0.2) is 0 Å². The quantitative estimate of drug-likeness (QED) is 0.621. The molecule has 0 atom stereocenters. The molecule has 0 aliphatic carbocycles. The van der Waals surface area contributed by atoms with E-state index in [1.165, 1.54) is 22.5 Å². The summed E-state index contributed by atoms with van der Waals surface area (Å²) in [7, 11) is -3.76. The second-order valence-corrected chi connectivity index (χ2v) is 8.24. The third-order valence-corrected chi connectivity index (χ3v) is 6.39. The highest BCUT2D eigenvalue weighted by Crippen LogP contribution is 2.32. The van der Waals surface area contributed by atoms with Crippen LogP contribution in [0.1, 0.15) is 21.6 Å². The third-order valence-electron chi connectivity index (χ3n) is 4.58. The number of para-hydroxylation sites is 1. The fraction of sp³-hybridized carbons (Fsp3) is 0.143. The van der Waals surface area contributed by atoms with Crippen molar-refractivity contribution in [2.45, 2.75) is 17.9 Å². The van der Waals surface area contributed by atoms with Crippen LogP contribution in [-0.2, 0) is 27.8 Å². The fourth-order valence-electron chi connectivity index (χ4n) is 3.17. The van der Waals surface area contributed by atoms with E-state index in [4.69, 9.17) is 4.74 Å². The molecule has 2 aromatic carbocycles. The zero-order valence-electron chi connectivity index (χ0n) is 15.0. The van der Waals surface area contributed by atoms with Gasteiger partial charge in [0, 0.05) is 12.7 Å². The highest BCUT2D eigenvalue weighted by atomic mass is 32.2. The van der Waals surface area contributed by atoms with Gasteiger partial charge in [-0.2, -0.15) is 0 Å². The van der Waals surface area contributed by atoms with Crippen LogP contribution in [0.15, 0.2) is 77.8 Å². The van der Waals surface area contributed by atoms with Gasteiger partial charge in [-0.1, -0.05) is 30.3 Å². The lowest BCUT2D eigenvalue weighted by molar-refractivity contribution is 0.0467. The van der Waals surface area contributed by atoms with E-state index in [0.29, 0.717) is 24.3 Å². The lowest BCUT2D eigenvalue weighted by atomic mass is 10.2. The Bertz CT molecular complexity index is 1110. The SMILES string of the molecule is O=C(OCc1ccccn1)c1cccc(S(=O)(=O)N2CCc3ccccc32)c1. The van der Waals surface area contributed by atoms with Crippen LogP contribution in [0.4, 0.5) is 5.69 Å². The summed E-state index contributed by atoms with van der Waals surface area (Å²) in [5, 5.41) is 0. The highest BCUT2D eigenvalue weighted by Gasteiger charge is 2.31. The Hall–Kier alpha value is -3.19. The van der Waals surface area contributed by atoms with Crippen LogP contribution in [-0.4, -0.2) is 25.9 Å². The number of pyridine rings is 1. The molecule has 142 valence electrons. The molecular formula is C21H18N2O4S. The highest BCUT2D eigenvalue weighted by molar-refractivity contribution is 7.92. The van der Waals surface area contributed by atoms with Crippen LogP contribution in [0.25, 0.3) is 0 Å². The van der Waals surface area contributed by atoms with Crippen LogP contribution in [0, 0.1) is 0 Å². The molecule has 1 aliphatic rings. The Kier molecular flexibility index (Phi) is 4.83. The molecule has 4 rings (SSSR count). The predicted octanol–water partition coefficient (Wildman–Crippen LogP) is 3.19. The lowest BCUT2D eigenvalue weighted by Gasteiger charge is -2.19. The predicted molar refractivity (Wildman–Crippen MR) is 104 cm³/mol. The smallest absolute Gasteiger partial charge is 0.338 e. The van der Waals surface area contributed by atoms with Crippen LogP contribution in [0.2, 0.25) is 0 Å². The maximum absolute atomic E-state index is 13.1. The number of ether oxygens (including phenoxy) is 1. The van der Waals surface area contributed by atoms with Crippen molar-refractivity contribution < 1.29 is 17.9 Å². The maximum Gasteiger partial charge on any atom is 0.338 e. The van der Waals surface area contributed by atoms with E-state index >= 15 is 0 Å². The number of rotatable bonds is 5. The summed E-state index contributed by atoms with van der Waals surface area (Å²) in [4.78, 5) is 16.5. The largest absolute Gasteiger partial charge is 0.456 e. The van der Waals surface area contributed by atoms with E-state index in [2.05, 4.69) is 4.98 Å². The monoisotopic (exact) mass is 394 g/mol. The molecular weight excluding hydrogens is 376 g/mol. The molecule has 0 spiro atoms. The van der Waals surface area contributed by atoms with E-state index < -0.39 is 16.0 Å². The Morgan fingerprint density at radius 2 is 1.86 bits per heavy atom. The van der Waals surface area contributed by atoms with E-state index in [1.54, 1.807) is 36.5 Å². The number of carbonyl (C=O) groups is 1. The second-order valence-electron chi connectivity index (χ2n) is 6.38. The first-order chi connectivity index (χ1) is 13.6. The van der Waals surface area contributed by atoms with E-state index in [0.717, 1.165) is 5.56 Å². The molecule has 1 aliphatic heterocycles. The summed E-state index contributed by atoms with van der Waals surface area (Å²) in [6.45, 7) is 0.409. The van der Waals surface area contributed by atoms with Gasteiger partial charge in [0.05, 0.1) is 21.8 Å². The van der Waals surface area contributed by atoms with E-state index in [-0.39, 0.29) is 17.1 Å². The number of sulfonamides is 1. The molecule has 0 unspecified atom stereocenters. The minimum absolute atomic E-state index is 0.0240. The number of aromatic nitrogens is 1. The molecule has 3 aromatic rings. The van der Waals surface area contributed by atoms with Crippen molar-refractivity contribution >= 4 is 21.7 Å². The summed E-state index contributed by atoms with van der Waals surface area (Å²) in [6, 6.07) is 18.7. The van der Waals surface area contributed by atoms with E-state index in [1.807, 2.05) is 18.2 Å². The molecule has 7 heteroatoms. The summed E-state index contributed by atoms with van der Waals surface area (Å²) in [5.41, 5.74) is 2.49. The number of hydrogen-bond acceptors (Lipinski definition) is 5. The van der Waals surface area contributed by atoms with Gasteiger partial charge < -0.3 is 4.74 Å². The zero-order chi connectivity index (χ0) is 19.6. The lowest BCUT2D eigenvalue weighted by Crippen LogP contribution is -2.29. The number of benzene rings is 2. The number of nitrogens with zero attached hydrogens (tertiary/aromatic N) is 2. The number of esters is 1. The van der Waals surface area contributed by atoms with Gasteiger partial charge in [-0.05, 0) is 48.4 Å². The van der Waals surface area contributed by atoms with Crippen molar-refractivity contribution in [1.29, 1.82) is 0 Å². The molecule has 6 nitrogen and oxygen atoms in total. The summed E-state index contributed by atoms with van der Waals surface area (Å²) in [6.07, 6.45) is 2.28. The van der Waals surface area contributed by atoms with Gasteiger partial charge in [0.25, 0.3) is 10.0 Å². The molecule has 2 heterocycles. The first-order valence-corrected chi connectivity index (χ1v) is 10.3. The first-order valence-electron chi connectivity index (χ1n) is 8.83. The van der Waals surface area contributed by atoms with Crippen molar-refractivity contribution in [3.63, 3.8) is 0 Å². The number of carbonyl (C=O) groups excluding carboxylic acids is 1. The van der Waals surface area contributed by atoms with Crippen LogP contribution < -0.4 is 4.31 Å². The minimum atomic E-state index is -3.76. The Morgan fingerprint density at radius 1 is 1.04 bits per heavy atom. The van der Waals surface area contributed by atoms with Crippen molar-refractivity contribution in [3.8, 4) is 0 Å². The molecule has 0 radical (unpaired) electrons. The zero-order valence-corrected chi connectivity index (χ0v) is 15.8. The summed E-state index contributed by atoms with van der Waals surface area (Å²) >= 11 is 0. The molecule has 28 heavy (non-hydrogen) atoms. The van der Waals surface area contributed by atoms with Crippen LogP contribution in [0.5, 0.6) is 0 Å². The molecule has 0 bridgehead atoms. The van der Waals surface area contributed by atoms with Gasteiger partial charge >= 0.3 is 5.97 Å². The van der Waals surface area contributed by atoms with Crippen molar-refractivity contribution in [2.75, 3.05) is 10.8 Å². The minimum Gasteiger partial charge on any atom is -0.456 e. The van der Waals surface area contributed by atoms with Gasteiger partial charge in [-0.25, -0.2) is 13.2 Å². The van der Waals surface area contributed by atoms with Crippen molar-refractivity contribution in [1.82, 2.24) is 4.98 Å². The number of fused-ring (bicyclic) bond motifs is 1. The molecule has 0 saturated carbocycles. The van der Waals surface area contributed by atoms with Crippen molar-refractivity contribution in [3.05, 3.63) is 89.7 Å². The third kappa shape index (κ3) is 3.48. The molecule has 0 N–H and O–H groups in total. The number of hydrogen-bond donors (Lipinski definition) is 0. The van der Waals surface area contributed by atoms with Gasteiger partial charge in [0.2, 0.25) is 0 Å². The van der Waals surface area contributed by atoms with Gasteiger partial charge in [-0.15, -0.1) is 0 Å². The normalized spacial score (nSPS) is 13.2. The second kappa shape index (κ2) is 7.44. The fourth-order valence-corrected chi connectivity index (χ4v) is 4.72. The molecule has 0 fully saturated rings. The van der Waals surface area contributed by atoms with Crippen LogP contribution in [0.3, 0.4) is 0 Å². The summed E-state index contributed by atoms with van der Waals surface area (Å²) in [5.74, 6) is -0.593. The molecule has 0 saturated heterocycles. The molecule has 1 aromatic heterocycles. The Labute approximate surface area is 163 Å². The Balaban J connectivity index is 1.56.